The first-order valence-corrected chi connectivity index (χ1v) is 7.90. The van der Waals surface area contributed by atoms with E-state index >= 15 is 0 Å². The Hall–Kier alpha value is -2.27. The Kier molecular flexibility index (Phi) is 4.21. The van der Waals surface area contributed by atoms with Gasteiger partial charge in [0, 0.05) is 40.6 Å². The standard InChI is InChI=1S/C16H16N4S/c1-21-15-7-3-2-6-14(15)18-10-13-11-19-20-16(13)12-5-4-8-17-9-12/h2-9,11,18H,10H2,1H3,(H,19,20). The second kappa shape index (κ2) is 6.45. The molecule has 0 saturated heterocycles. The van der Waals surface area contributed by atoms with Crippen LogP contribution in [0.4, 0.5) is 5.69 Å². The van der Waals surface area contributed by atoms with Gasteiger partial charge in [0.2, 0.25) is 0 Å². The Morgan fingerprint density at radius 2 is 2.05 bits per heavy atom. The number of hydrogen-bond donors (Lipinski definition) is 2. The Balaban J connectivity index is 1.79. The van der Waals surface area contributed by atoms with Crippen molar-refractivity contribution < 1.29 is 0 Å². The molecule has 3 aromatic rings. The molecule has 0 saturated carbocycles. The van der Waals surface area contributed by atoms with Crippen molar-refractivity contribution in [3.63, 3.8) is 0 Å². The lowest BCUT2D eigenvalue weighted by Gasteiger charge is -2.10. The van der Waals surface area contributed by atoms with Gasteiger partial charge in [-0.1, -0.05) is 12.1 Å². The number of H-pyrrole nitrogens is 1. The van der Waals surface area contributed by atoms with E-state index in [4.69, 9.17) is 0 Å². The Bertz CT molecular complexity index is 709. The minimum atomic E-state index is 0.721. The number of nitrogens with one attached hydrogen (secondary N) is 2. The number of thioether (sulfide) groups is 1. The molecule has 21 heavy (non-hydrogen) atoms. The number of anilines is 1. The van der Waals surface area contributed by atoms with Gasteiger partial charge in [-0.2, -0.15) is 5.10 Å². The Morgan fingerprint density at radius 3 is 2.86 bits per heavy atom. The lowest BCUT2D eigenvalue weighted by Crippen LogP contribution is -2.01. The zero-order chi connectivity index (χ0) is 14.5. The zero-order valence-electron chi connectivity index (χ0n) is 11.7. The number of pyridine rings is 1. The van der Waals surface area contributed by atoms with E-state index in [9.17, 15) is 0 Å². The molecule has 0 aliphatic heterocycles. The van der Waals surface area contributed by atoms with E-state index in [-0.39, 0.29) is 0 Å². The number of para-hydroxylation sites is 1. The van der Waals surface area contributed by atoms with E-state index in [1.807, 2.05) is 30.6 Å². The van der Waals surface area contributed by atoms with Crippen molar-refractivity contribution in [1.29, 1.82) is 0 Å². The number of aromatic amines is 1. The van der Waals surface area contributed by atoms with Crippen LogP contribution >= 0.6 is 11.8 Å². The number of nitrogens with zero attached hydrogens (tertiary/aromatic N) is 2. The lowest BCUT2D eigenvalue weighted by molar-refractivity contribution is 1.09. The summed E-state index contributed by atoms with van der Waals surface area (Å²) in [6.07, 6.45) is 7.55. The molecule has 0 aliphatic carbocycles. The Morgan fingerprint density at radius 1 is 1.14 bits per heavy atom. The molecule has 2 heterocycles. The molecular weight excluding hydrogens is 280 g/mol. The summed E-state index contributed by atoms with van der Waals surface area (Å²) in [4.78, 5) is 5.40. The highest BCUT2D eigenvalue weighted by Gasteiger charge is 2.08. The van der Waals surface area contributed by atoms with E-state index in [1.54, 1.807) is 18.0 Å². The summed E-state index contributed by atoms with van der Waals surface area (Å²) in [5.74, 6) is 0. The van der Waals surface area contributed by atoms with E-state index < -0.39 is 0 Å². The van der Waals surface area contributed by atoms with Crippen molar-refractivity contribution in [2.24, 2.45) is 0 Å². The third kappa shape index (κ3) is 3.08. The molecule has 5 heteroatoms. The van der Waals surface area contributed by atoms with Crippen molar-refractivity contribution in [3.05, 3.63) is 60.6 Å². The van der Waals surface area contributed by atoms with Crippen molar-refractivity contribution in [2.45, 2.75) is 11.4 Å². The molecule has 0 aliphatic rings. The van der Waals surface area contributed by atoms with Crippen LogP contribution in [-0.4, -0.2) is 21.4 Å². The molecule has 106 valence electrons. The van der Waals surface area contributed by atoms with Crippen molar-refractivity contribution >= 4 is 17.4 Å². The fourth-order valence-corrected chi connectivity index (χ4v) is 2.76. The molecular formula is C16H16N4S. The van der Waals surface area contributed by atoms with Gasteiger partial charge in [-0.05, 0) is 30.5 Å². The van der Waals surface area contributed by atoms with Crippen LogP contribution in [0, 0.1) is 0 Å². The topological polar surface area (TPSA) is 53.6 Å². The van der Waals surface area contributed by atoms with Gasteiger partial charge < -0.3 is 5.32 Å². The molecule has 0 amide bonds. The maximum atomic E-state index is 4.16. The number of rotatable bonds is 5. The molecule has 1 aromatic carbocycles. The van der Waals surface area contributed by atoms with Gasteiger partial charge in [0.1, 0.15) is 0 Å². The average molecular weight is 296 g/mol. The molecule has 0 radical (unpaired) electrons. The minimum Gasteiger partial charge on any atom is -0.380 e. The number of hydrogen-bond acceptors (Lipinski definition) is 4. The van der Waals surface area contributed by atoms with Crippen LogP contribution in [-0.2, 0) is 6.54 Å². The van der Waals surface area contributed by atoms with Crippen LogP contribution in [0.3, 0.4) is 0 Å². The van der Waals surface area contributed by atoms with Gasteiger partial charge in [0.25, 0.3) is 0 Å². The average Bonchev–Trinajstić information content (AvgIpc) is 3.02. The van der Waals surface area contributed by atoms with Gasteiger partial charge in [0.15, 0.2) is 0 Å². The summed E-state index contributed by atoms with van der Waals surface area (Å²) < 4.78 is 0. The third-order valence-corrected chi connectivity index (χ3v) is 4.04. The largest absolute Gasteiger partial charge is 0.380 e. The summed E-state index contributed by atoms with van der Waals surface area (Å²) in [6.45, 7) is 0.721. The predicted octanol–water partition coefficient (Wildman–Crippen LogP) is 3.81. The molecule has 0 spiro atoms. The molecule has 0 bridgehead atoms. The van der Waals surface area contributed by atoms with E-state index in [0.29, 0.717) is 0 Å². The summed E-state index contributed by atoms with van der Waals surface area (Å²) in [5, 5.41) is 10.7. The highest BCUT2D eigenvalue weighted by molar-refractivity contribution is 7.98. The van der Waals surface area contributed by atoms with Crippen molar-refractivity contribution in [2.75, 3.05) is 11.6 Å². The third-order valence-electron chi connectivity index (χ3n) is 3.24. The highest BCUT2D eigenvalue weighted by Crippen LogP contribution is 2.26. The fourth-order valence-electron chi connectivity index (χ4n) is 2.19. The maximum Gasteiger partial charge on any atom is 0.0715 e. The van der Waals surface area contributed by atoms with E-state index in [2.05, 4.69) is 45.0 Å². The summed E-state index contributed by atoms with van der Waals surface area (Å²) in [6, 6.07) is 12.3. The van der Waals surface area contributed by atoms with Crippen LogP contribution in [0.5, 0.6) is 0 Å². The molecule has 2 aromatic heterocycles. The second-order valence-electron chi connectivity index (χ2n) is 4.57. The van der Waals surface area contributed by atoms with Gasteiger partial charge in [-0.15, -0.1) is 11.8 Å². The number of aromatic nitrogens is 3. The molecule has 3 rings (SSSR count). The van der Waals surface area contributed by atoms with Crippen LogP contribution in [0.2, 0.25) is 0 Å². The molecule has 2 N–H and O–H groups in total. The SMILES string of the molecule is CSc1ccccc1NCc1cn[nH]c1-c1cccnc1. The van der Waals surface area contributed by atoms with Gasteiger partial charge in [-0.3, -0.25) is 10.1 Å². The van der Waals surface area contributed by atoms with Crippen LogP contribution < -0.4 is 5.32 Å². The molecule has 4 nitrogen and oxygen atoms in total. The van der Waals surface area contributed by atoms with E-state index in [0.717, 1.165) is 29.1 Å². The lowest BCUT2D eigenvalue weighted by atomic mass is 10.1. The molecule has 0 fully saturated rings. The smallest absolute Gasteiger partial charge is 0.0715 e. The van der Waals surface area contributed by atoms with Crippen LogP contribution in [0.15, 0.2) is 59.9 Å². The quantitative estimate of drug-likeness (QED) is 0.703. The highest BCUT2D eigenvalue weighted by atomic mass is 32.2. The maximum absolute atomic E-state index is 4.16. The van der Waals surface area contributed by atoms with Crippen molar-refractivity contribution in [3.8, 4) is 11.3 Å². The zero-order valence-corrected chi connectivity index (χ0v) is 12.5. The van der Waals surface area contributed by atoms with Gasteiger partial charge in [-0.25, -0.2) is 0 Å². The first kappa shape index (κ1) is 13.7. The normalized spacial score (nSPS) is 10.5. The number of benzene rings is 1. The van der Waals surface area contributed by atoms with E-state index in [1.165, 1.54) is 4.90 Å². The monoisotopic (exact) mass is 296 g/mol. The summed E-state index contributed by atoms with van der Waals surface area (Å²) in [5.41, 5.74) is 4.32. The summed E-state index contributed by atoms with van der Waals surface area (Å²) in [7, 11) is 0. The molecule has 0 unspecified atom stereocenters. The first-order valence-electron chi connectivity index (χ1n) is 6.68. The van der Waals surface area contributed by atoms with Gasteiger partial charge >= 0.3 is 0 Å². The first-order chi connectivity index (χ1) is 10.4. The van der Waals surface area contributed by atoms with Crippen molar-refractivity contribution in [1.82, 2.24) is 15.2 Å². The second-order valence-corrected chi connectivity index (χ2v) is 5.41. The Labute approximate surface area is 128 Å². The minimum absolute atomic E-state index is 0.721. The van der Waals surface area contributed by atoms with Crippen LogP contribution in [0.1, 0.15) is 5.56 Å². The van der Waals surface area contributed by atoms with Gasteiger partial charge in [0.05, 0.1) is 11.9 Å². The summed E-state index contributed by atoms with van der Waals surface area (Å²) >= 11 is 1.74. The fraction of sp³-hybridized carbons (Fsp3) is 0.125. The van der Waals surface area contributed by atoms with Crippen LogP contribution in [0.25, 0.3) is 11.3 Å². The predicted molar refractivity (Wildman–Crippen MR) is 87.4 cm³/mol. The molecule has 0 atom stereocenters.